The van der Waals surface area contributed by atoms with Crippen molar-refractivity contribution in [1.82, 2.24) is 5.32 Å². The summed E-state index contributed by atoms with van der Waals surface area (Å²) < 4.78 is 35.6. The lowest BCUT2D eigenvalue weighted by atomic mass is 9.44. The monoisotopic (exact) mass is 863 g/mol. The molecule has 336 valence electrons. The lowest BCUT2D eigenvalue weighted by molar-refractivity contribution is -0.346. The average Bonchev–Trinajstić information content (AvgIpc) is 3.20. The van der Waals surface area contributed by atoms with Gasteiger partial charge in [0.1, 0.15) is 41.7 Å². The number of hydrogen-bond donors (Lipinski definition) is 4. The van der Waals surface area contributed by atoms with Gasteiger partial charge in [0.2, 0.25) is 6.10 Å². The summed E-state index contributed by atoms with van der Waals surface area (Å²) in [6, 6.07) is 14.7. The summed E-state index contributed by atoms with van der Waals surface area (Å²) >= 11 is 0. The minimum atomic E-state index is -2.39. The highest BCUT2D eigenvalue weighted by Crippen LogP contribution is 2.64. The molecule has 3 aliphatic carbocycles. The fourth-order valence-electron chi connectivity index (χ4n) is 9.89. The minimum Gasteiger partial charge on any atom is -0.455 e. The van der Waals surface area contributed by atoms with E-state index in [1.165, 1.54) is 32.9 Å². The third kappa shape index (κ3) is 8.01. The lowest BCUT2D eigenvalue weighted by Crippen LogP contribution is -2.81. The van der Waals surface area contributed by atoms with Crippen molar-refractivity contribution in [3.8, 4) is 0 Å². The molecule has 0 aromatic heterocycles. The van der Waals surface area contributed by atoms with Gasteiger partial charge in [-0.1, -0.05) is 69.3 Å². The Morgan fingerprint density at radius 3 is 2.11 bits per heavy atom. The number of carbonyl (C=O) groups is 6. The van der Waals surface area contributed by atoms with Crippen LogP contribution in [0.25, 0.3) is 0 Å². The second-order valence-corrected chi connectivity index (χ2v) is 18.4. The molecule has 2 saturated carbocycles. The number of nitrogens with one attached hydrogen (secondary N) is 1. The predicted octanol–water partition coefficient (Wildman–Crippen LogP) is 4.22. The van der Waals surface area contributed by atoms with Gasteiger partial charge in [-0.25, -0.2) is 14.4 Å². The third-order valence-corrected chi connectivity index (χ3v) is 13.1. The van der Waals surface area contributed by atoms with Crippen molar-refractivity contribution in [1.29, 1.82) is 0 Å². The number of amides is 1. The molecule has 2 bridgehead atoms. The zero-order valence-electron chi connectivity index (χ0n) is 36.5. The van der Waals surface area contributed by atoms with Gasteiger partial charge in [-0.15, -0.1) is 0 Å². The van der Waals surface area contributed by atoms with Gasteiger partial charge >= 0.3 is 30.0 Å². The van der Waals surface area contributed by atoms with Gasteiger partial charge in [-0.3, -0.25) is 14.4 Å². The largest absolute Gasteiger partial charge is 0.455 e. The number of fused-ring (bicyclic) bond motifs is 5. The number of aliphatic hydroxyl groups excluding tert-OH is 2. The van der Waals surface area contributed by atoms with Gasteiger partial charge in [0.15, 0.2) is 11.4 Å². The number of ether oxygens (including phenoxy) is 6. The molecule has 4 N–H and O–H groups in total. The Bertz CT molecular complexity index is 2110. The van der Waals surface area contributed by atoms with Crippen LogP contribution in [0.5, 0.6) is 0 Å². The summed E-state index contributed by atoms with van der Waals surface area (Å²) in [5.74, 6) is -6.18. The van der Waals surface area contributed by atoms with Crippen LogP contribution < -0.4 is 5.32 Å². The van der Waals surface area contributed by atoms with E-state index < -0.39 is 118 Å². The maximum Gasteiger partial charge on any atom is 0.408 e. The van der Waals surface area contributed by atoms with Crippen molar-refractivity contribution in [3.63, 3.8) is 0 Å². The molecule has 1 amide bonds. The minimum absolute atomic E-state index is 0.0686. The summed E-state index contributed by atoms with van der Waals surface area (Å²) in [6.07, 6.45) is -11.6. The van der Waals surface area contributed by atoms with E-state index in [-0.39, 0.29) is 36.2 Å². The quantitative estimate of drug-likeness (QED) is 0.149. The number of hydrogen-bond acceptors (Lipinski definition) is 15. The number of Topliss-reactive ketones (excluding diaryl/α,β-unsaturated/α-hetero) is 1. The Labute approximate surface area is 360 Å². The van der Waals surface area contributed by atoms with Crippen molar-refractivity contribution < 1.29 is 72.5 Å². The van der Waals surface area contributed by atoms with Crippen molar-refractivity contribution in [3.05, 3.63) is 82.9 Å². The van der Waals surface area contributed by atoms with E-state index in [2.05, 4.69) is 5.32 Å². The second-order valence-electron chi connectivity index (χ2n) is 18.4. The molecule has 11 atom stereocenters. The SMILES string of the molecule is CCC(=O)O[C@@H](C(=O)O[C@H]1C[C@@]2(O)[C@@H](OC(=O)c3ccccc3)C3[C@](C)(C(=O)[C@H](O)C(=C1C)C2(C)C)[C@@H](O)C[C@H]1OC[C@@]31OC(C)=O)[C@@H](NC(=O)OC(C)(C)C)c1ccccc1. The van der Waals surface area contributed by atoms with Crippen molar-refractivity contribution in [2.24, 2.45) is 16.7 Å². The molecule has 2 aromatic carbocycles. The molecule has 4 aliphatic rings. The highest BCUT2D eigenvalue weighted by atomic mass is 16.6. The van der Waals surface area contributed by atoms with Gasteiger partial charge < -0.3 is 49.1 Å². The summed E-state index contributed by atoms with van der Waals surface area (Å²) in [7, 11) is 0. The molecule has 62 heavy (non-hydrogen) atoms. The Hall–Kier alpha value is -5.16. The Morgan fingerprint density at radius 2 is 1.56 bits per heavy atom. The summed E-state index contributed by atoms with van der Waals surface area (Å²) in [5, 5.41) is 40.5. The molecule has 1 unspecified atom stereocenters. The number of ketones is 1. The number of benzene rings is 2. The molecule has 2 aromatic rings. The maximum absolute atomic E-state index is 15.1. The highest BCUT2D eigenvalue weighted by molar-refractivity contribution is 5.94. The van der Waals surface area contributed by atoms with E-state index >= 15 is 4.79 Å². The molecule has 3 fully saturated rings. The first-order chi connectivity index (χ1) is 28.9. The van der Waals surface area contributed by atoms with Crippen LogP contribution in [0.3, 0.4) is 0 Å². The number of alkyl carbamates (subject to hydrolysis) is 1. The van der Waals surface area contributed by atoms with Crippen LogP contribution >= 0.6 is 0 Å². The van der Waals surface area contributed by atoms with Crippen molar-refractivity contribution in [2.45, 2.75) is 141 Å². The number of aliphatic hydroxyl groups is 3. The Balaban J connectivity index is 1.53. The van der Waals surface area contributed by atoms with Gasteiger partial charge in [-0.05, 0) is 63.5 Å². The Kier molecular flexibility index (Phi) is 12.6. The predicted molar refractivity (Wildman–Crippen MR) is 218 cm³/mol. The first-order valence-corrected chi connectivity index (χ1v) is 20.8. The van der Waals surface area contributed by atoms with E-state index in [4.69, 9.17) is 28.4 Å². The summed E-state index contributed by atoms with van der Waals surface area (Å²) in [6.45, 7) is 13.3. The van der Waals surface area contributed by atoms with Crippen LogP contribution in [0.15, 0.2) is 71.8 Å². The third-order valence-electron chi connectivity index (χ3n) is 13.1. The van der Waals surface area contributed by atoms with Crippen LogP contribution in [0, 0.1) is 16.7 Å². The van der Waals surface area contributed by atoms with Gasteiger partial charge in [0.05, 0.1) is 29.6 Å². The van der Waals surface area contributed by atoms with E-state index in [9.17, 15) is 39.3 Å². The molecule has 1 saturated heterocycles. The molecule has 0 spiro atoms. The number of esters is 4. The molecule has 0 radical (unpaired) electrons. The topological polar surface area (TPSA) is 231 Å². The molecule has 1 aliphatic heterocycles. The van der Waals surface area contributed by atoms with E-state index in [1.54, 1.807) is 83.1 Å². The summed E-state index contributed by atoms with van der Waals surface area (Å²) in [4.78, 5) is 83.2. The van der Waals surface area contributed by atoms with Crippen molar-refractivity contribution >= 4 is 35.8 Å². The fraction of sp³-hybridized carbons (Fsp3) is 0.565. The van der Waals surface area contributed by atoms with Crippen LogP contribution in [0.4, 0.5) is 4.79 Å². The summed E-state index contributed by atoms with van der Waals surface area (Å²) in [5.41, 5.74) is -8.33. The normalized spacial score (nSPS) is 32.2. The second kappa shape index (κ2) is 16.8. The standard InChI is InChI=1S/C46H57NO15/c1-10-31(50)59-35(33(26-17-13-11-14-18-26)47-41(55)62-42(4,5)6)40(54)58-28-22-46(56)38(60-39(53)27-19-15-12-16-20-27)36-44(9,37(52)34(51)32(24(28)2)43(46,7)8)29(49)21-30-45(36,23-57-30)61-25(3)48/h11-20,28-30,33-36,38,49,51,56H,10,21-23H2,1-9H3,(H,47,55)/t28-,29-,30+,33-,34+,35+,36?,38-,44+,45-,46+/m0/s1. The van der Waals surface area contributed by atoms with Crippen LogP contribution in [0.1, 0.15) is 104 Å². The Morgan fingerprint density at radius 1 is 0.952 bits per heavy atom. The average molecular weight is 864 g/mol. The zero-order chi connectivity index (χ0) is 45.7. The van der Waals surface area contributed by atoms with Gasteiger partial charge in [0, 0.05) is 31.6 Å². The van der Waals surface area contributed by atoms with Crippen LogP contribution in [-0.4, -0.2) is 111 Å². The highest BCUT2D eigenvalue weighted by Gasteiger charge is 2.78. The number of rotatable bonds is 10. The van der Waals surface area contributed by atoms with Crippen LogP contribution in [-0.2, 0) is 47.6 Å². The molecule has 6 rings (SSSR count). The molecule has 16 heteroatoms. The van der Waals surface area contributed by atoms with E-state index in [1.807, 2.05) is 0 Å². The van der Waals surface area contributed by atoms with Crippen LogP contribution in [0.2, 0.25) is 0 Å². The molecular weight excluding hydrogens is 806 g/mol. The van der Waals surface area contributed by atoms with E-state index in [0.29, 0.717) is 5.56 Å². The molecular formula is C46H57NO15. The first-order valence-electron chi connectivity index (χ1n) is 20.8. The lowest BCUT2D eigenvalue weighted by Gasteiger charge is -2.67. The smallest absolute Gasteiger partial charge is 0.408 e. The first kappa shape index (κ1) is 46.3. The van der Waals surface area contributed by atoms with E-state index in [0.717, 1.165) is 6.92 Å². The maximum atomic E-state index is 15.1. The zero-order valence-corrected chi connectivity index (χ0v) is 36.5. The van der Waals surface area contributed by atoms with Gasteiger partial charge in [-0.2, -0.15) is 0 Å². The number of carbonyl (C=O) groups excluding carboxylic acids is 6. The van der Waals surface area contributed by atoms with Crippen molar-refractivity contribution in [2.75, 3.05) is 6.61 Å². The van der Waals surface area contributed by atoms with Gasteiger partial charge in [0.25, 0.3) is 0 Å². The molecule has 16 nitrogen and oxygen atoms in total. The fourth-order valence-corrected chi connectivity index (χ4v) is 9.89. The molecule has 1 heterocycles.